The molecule has 0 fully saturated rings. The Balaban J connectivity index is 1.54. The predicted octanol–water partition coefficient (Wildman–Crippen LogP) is 3.65. The number of tetrazole rings is 1. The number of ether oxygens (including phenoxy) is 1. The Morgan fingerprint density at radius 1 is 0.882 bits per heavy atom. The third kappa shape index (κ3) is 4.15. The number of aromatic nitrogens is 6. The van der Waals surface area contributed by atoms with Gasteiger partial charge in [-0.05, 0) is 59.0 Å². The first-order chi connectivity index (χ1) is 16.6. The number of nitrogens with two attached hydrogens (primary N) is 2. The summed E-state index contributed by atoms with van der Waals surface area (Å²) >= 11 is 0. The molecule has 2 aromatic carbocycles. The van der Waals surface area contributed by atoms with Crippen molar-refractivity contribution in [1.82, 2.24) is 30.6 Å². The number of para-hydroxylation sites is 1. The zero-order valence-electron chi connectivity index (χ0n) is 17.8. The SMILES string of the molecule is N=C(N)c1c(N)cc(-c2cncc(-c3nnn[nH]3)c2)nc1-c1ccc(Oc2ccccc2)cc1. The molecule has 3 heterocycles. The van der Waals surface area contributed by atoms with E-state index in [-0.39, 0.29) is 5.84 Å². The number of pyridine rings is 2. The molecule has 0 unspecified atom stereocenters. The lowest BCUT2D eigenvalue weighted by atomic mass is 10.0. The first-order valence-electron chi connectivity index (χ1n) is 10.3. The molecule has 5 aromatic rings. The number of nitrogens with zero attached hydrogens (tertiary/aromatic N) is 5. The first kappa shape index (κ1) is 20.8. The number of H-pyrrole nitrogens is 1. The maximum absolute atomic E-state index is 8.06. The average molecular weight is 449 g/mol. The standard InChI is InChI=1S/C24H19N9O/c25-19-11-20(15-10-16(13-28-12-15)24-30-32-33-31-24)29-22(21(19)23(26)27)14-6-8-18(9-7-14)34-17-4-2-1-3-5-17/h1-13H,(H2,25,29)(H3,26,27)(H,30,31,32,33). The van der Waals surface area contributed by atoms with Gasteiger partial charge in [-0.1, -0.05) is 18.2 Å². The highest BCUT2D eigenvalue weighted by atomic mass is 16.5. The van der Waals surface area contributed by atoms with E-state index in [1.165, 1.54) is 0 Å². The molecule has 0 spiro atoms. The normalized spacial score (nSPS) is 10.7. The lowest BCUT2D eigenvalue weighted by Crippen LogP contribution is -2.16. The fourth-order valence-corrected chi connectivity index (χ4v) is 3.50. The second-order valence-corrected chi connectivity index (χ2v) is 7.39. The number of rotatable bonds is 6. The smallest absolute Gasteiger partial charge is 0.180 e. The van der Waals surface area contributed by atoms with Crippen LogP contribution in [0.3, 0.4) is 0 Å². The van der Waals surface area contributed by atoms with Gasteiger partial charge in [0.1, 0.15) is 17.3 Å². The topological polar surface area (TPSA) is 165 Å². The Bertz CT molecular complexity index is 1450. The molecule has 0 saturated heterocycles. The molecule has 0 amide bonds. The van der Waals surface area contributed by atoms with Gasteiger partial charge < -0.3 is 16.2 Å². The summed E-state index contributed by atoms with van der Waals surface area (Å²) in [6.07, 6.45) is 3.31. The van der Waals surface area contributed by atoms with E-state index in [0.29, 0.717) is 45.3 Å². The maximum atomic E-state index is 8.06. The van der Waals surface area contributed by atoms with Crippen molar-refractivity contribution in [3.8, 4) is 45.4 Å². The monoisotopic (exact) mass is 449 g/mol. The second kappa shape index (κ2) is 8.79. The molecule has 3 aromatic heterocycles. The van der Waals surface area contributed by atoms with E-state index in [9.17, 15) is 0 Å². The Kier molecular flexibility index (Phi) is 5.37. The van der Waals surface area contributed by atoms with Gasteiger partial charge in [0.2, 0.25) is 0 Å². The van der Waals surface area contributed by atoms with Gasteiger partial charge in [0, 0.05) is 34.8 Å². The molecule has 10 nitrogen and oxygen atoms in total. The van der Waals surface area contributed by atoms with Crippen LogP contribution in [-0.2, 0) is 0 Å². The Morgan fingerprint density at radius 2 is 1.62 bits per heavy atom. The van der Waals surface area contributed by atoms with Gasteiger partial charge in [-0.25, -0.2) is 10.1 Å². The molecule has 5 rings (SSSR count). The third-order valence-electron chi connectivity index (χ3n) is 5.08. The van der Waals surface area contributed by atoms with Crippen LogP contribution in [0, 0.1) is 5.41 Å². The summed E-state index contributed by atoms with van der Waals surface area (Å²) in [6.45, 7) is 0. The summed E-state index contributed by atoms with van der Waals surface area (Å²) < 4.78 is 5.87. The van der Waals surface area contributed by atoms with Crippen LogP contribution in [0.1, 0.15) is 5.56 Å². The van der Waals surface area contributed by atoms with Crippen LogP contribution in [0.25, 0.3) is 33.9 Å². The van der Waals surface area contributed by atoms with Crippen LogP contribution in [0.15, 0.2) is 79.1 Å². The van der Waals surface area contributed by atoms with Gasteiger partial charge in [-0.3, -0.25) is 10.4 Å². The Hall–Kier alpha value is -5.12. The van der Waals surface area contributed by atoms with Gasteiger partial charge in [-0.2, -0.15) is 0 Å². The number of anilines is 1. The number of hydrogen-bond donors (Lipinski definition) is 4. The van der Waals surface area contributed by atoms with Crippen LogP contribution in [-0.4, -0.2) is 36.4 Å². The number of amidine groups is 1. The highest BCUT2D eigenvalue weighted by Gasteiger charge is 2.17. The minimum absolute atomic E-state index is 0.171. The predicted molar refractivity (Wildman–Crippen MR) is 128 cm³/mol. The quantitative estimate of drug-likeness (QED) is 0.225. The molecule has 166 valence electrons. The van der Waals surface area contributed by atoms with E-state index in [2.05, 4.69) is 25.6 Å². The molecule has 0 atom stereocenters. The maximum Gasteiger partial charge on any atom is 0.180 e. The van der Waals surface area contributed by atoms with Crippen LogP contribution in [0.4, 0.5) is 5.69 Å². The van der Waals surface area contributed by atoms with Gasteiger partial charge in [0.05, 0.1) is 17.0 Å². The molecule has 0 bridgehead atoms. The Labute approximate surface area is 194 Å². The van der Waals surface area contributed by atoms with Crippen LogP contribution in [0.2, 0.25) is 0 Å². The van der Waals surface area contributed by atoms with Crippen molar-refractivity contribution >= 4 is 11.5 Å². The van der Waals surface area contributed by atoms with Crippen molar-refractivity contribution in [2.45, 2.75) is 0 Å². The number of nitrogen functional groups attached to an aromatic ring is 2. The minimum Gasteiger partial charge on any atom is -0.457 e. The number of aromatic amines is 1. The van der Waals surface area contributed by atoms with E-state index >= 15 is 0 Å². The van der Waals surface area contributed by atoms with Gasteiger partial charge in [0.25, 0.3) is 0 Å². The lowest BCUT2D eigenvalue weighted by Gasteiger charge is -2.14. The lowest BCUT2D eigenvalue weighted by molar-refractivity contribution is 0.483. The molecule has 0 aliphatic heterocycles. The fraction of sp³-hybridized carbons (Fsp3) is 0. The summed E-state index contributed by atoms with van der Waals surface area (Å²) in [5.74, 6) is 1.71. The van der Waals surface area contributed by atoms with E-state index in [4.69, 9.17) is 26.6 Å². The highest BCUT2D eigenvalue weighted by molar-refractivity contribution is 6.05. The zero-order chi connectivity index (χ0) is 23.5. The molecule has 6 N–H and O–H groups in total. The number of nitrogens with one attached hydrogen (secondary N) is 2. The van der Waals surface area contributed by atoms with Crippen molar-refractivity contribution in [3.63, 3.8) is 0 Å². The molecule has 34 heavy (non-hydrogen) atoms. The summed E-state index contributed by atoms with van der Waals surface area (Å²) in [7, 11) is 0. The summed E-state index contributed by atoms with van der Waals surface area (Å²) in [4.78, 5) is 9.07. The molecular formula is C24H19N9O. The van der Waals surface area contributed by atoms with E-state index in [1.807, 2.05) is 60.7 Å². The molecule has 0 saturated carbocycles. The molecule has 0 aliphatic rings. The van der Waals surface area contributed by atoms with E-state index in [0.717, 1.165) is 11.3 Å². The van der Waals surface area contributed by atoms with Crippen molar-refractivity contribution in [3.05, 3.63) is 84.7 Å². The highest BCUT2D eigenvalue weighted by Crippen LogP contribution is 2.32. The van der Waals surface area contributed by atoms with Gasteiger partial charge >= 0.3 is 0 Å². The zero-order valence-corrected chi connectivity index (χ0v) is 17.8. The molecule has 0 radical (unpaired) electrons. The van der Waals surface area contributed by atoms with E-state index < -0.39 is 0 Å². The van der Waals surface area contributed by atoms with E-state index in [1.54, 1.807) is 18.5 Å². The number of hydrogen-bond acceptors (Lipinski definition) is 8. The number of benzene rings is 2. The summed E-state index contributed by atoms with van der Waals surface area (Å²) in [5.41, 5.74) is 16.1. The van der Waals surface area contributed by atoms with Crippen LogP contribution < -0.4 is 16.2 Å². The Morgan fingerprint density at radius 3 is 2.32 bits per heavy atom. The summed E-state index contributed by atoms with van der Waals surface area (Å²) in [6, 6.07) is 20.4. The van der Waals surface area contributed by atoms with Crippen molar-refractivity contribution in [1.29, 1.82) is 5.41 Å². The fourth-order valence-electron chi connectivity index (χ4n) is 3.50. The first-order valence-corrected chi connectivity index (χ1v) is 10.3. The van der Waals surface area contributed by atoms with Crippen molar-refractivity contribution in [2.24, 2.45) is 5.73 Å². The average Bonchev–Trinajstić information content (AvgIpc) is 3.40. The van der Waals surface area contributed by atoms with Crippen molar-refractivity contribution in [2.75, 3.05) is 5.73 Å². The molecule has 0 aliphatic carbocycles. The van der Waals surface area contributed by atoms with Gasteiger partial charge in [-0.15, -0.1) is 5.10 Å². The largest absolute Gasteiger partial charge is 0.457 e. The third-order valence-corrected chi connectivity index (χ3v) is 5.08. The summed E-state index contributed by atoms with van der Waals surface area (Å²) in [5, 5.41) is 21.9. The van der Waals surface area contributed by atoms with Crippen molar-refractivity contribution < 1.29 is 4.74 Å². The molecular weight excluding hydrogens is 430 g/mol. The minimum atomic E-state index is -0.171. The molecule has 10 heteroatoms. The van der Waals surface area contributed by atoms with Crippen LogP contribution in [0.5, 0.6) is 11.5 Å². The van der Waals surface area contributed by atoms with Gasteiger partial charge in [0.15, 0.2) is 5.82 Å². The van der Waals surface area contributed by atoms with Crippen LogP contribution >= 0.6 is 0 Å². The second-order valence-electron chi connectivity index (χ2n) is 7.39.